The van der Waals surface area contributed by atoms with Crippen LogP contribution in [0.1, 0.15) is 33.5 Å². The van der Waals surface area contributed by atoms with Crippen LogP contribution in [0, 0.1) is 5.41 Å². The fourth-order valence-electron chi connectivity index (χ4n) is 1.20. The zero-order valence-corrected chi connectivity index (χ0v) is 9.95. The second-order valence-electron chi connectivity index (χ2n) is 4.90. The molecule has 15 heavy (non-hydrogen) atoms. The van der Waals surface area contributed by atoms with E-state index in [1.54, 1.807) is 6.26 Å². The van der Waals surface area contributed by atoms with Gasteiger partial charge in [-0.1, -0.05) is 20.8 Å². The van der Waals surface area contributed by atoms with Crippen LogP contribution in [0.3, 0.4) is 0 Å². The molecular formula is C12H20N2O. The van der Waals surface area contributed by atoms with Crippen LogP contribution in [0.2, 0.25) is 0 Å². The van der Waals surface area contributed by atoms with Crippen LogP contribution in [-0.2, 0) is 6.42 Å². The van der Waals surface area contributed by atoms with Crippen LogP contribution in [0.15, 0.2) is 27.8 Å². The Morgan fingerprint density at radius 1 is 1.53 bits per heavy atom. The van der Waals surface area contributed by atoms with Gasteiger partial charge >= 0.3 is 0 Å². The smallest absolute Gasteiger partial charge is 0.105 e. The number of amidine groups is 1. The first-order valence-corrected chi connectivity index (χ1v) is 5.25. The van der Waals surface area contributed by atoms with E-state index in [0.717, 1.165) is 12.2 Å². The molecule has 3 nitrogen and oxygen atoms in total. The van der Waals surface area contributed by atoms with Crippen molar-refractivity contribution in [2.45, 2.75) is 40.2 Å². The fourth-order valence-corrected chi connectivity index (χ4v) is 1.20. The Bertz CT molecular complexity index is 320. The molecule has 0 aliphatic heterocycles. The predicted molar refractivity (Wildman–Crippen MR) is 63.0 cm³/mol. The van der Waals surface area contributed by atoms with E-state index in [0.29, 0.717) is 5.84 Å². The monoisotopic (exact) mass is 208 g/mol. The van der Waals surface area contributed by atoms with Crippen LogP contribution in [-0.4, -0.2) is 11.9 Å². The molecule has 1 aromatic rings. The normalized spacial score (nSPS) is 15.3. The van der Waals surface area contributed by atoms with Gasteiger partial charge in [0.2, 0.25) is 0 Å². The van der Waals surface area contributed by atoms with Crippen molar-refractivity contribution in [3.63, 3.8) is 0 Å². The van der Waals surface area contributed by atoms with Gasteiger partial charge in [-0.25, -0.2) is 0 Å². The molecular weight excluding hydrogens is 188 g/mol. The number of nitrogens with two attached hydrogens (primary N) is 1. The Morgan fingerprint density at radius 2 is 2.20 bits per heavy atom. The molecule has 1 aromatic heterocycles. The van der Waals surface area contributed by atoms with E-state index in [9.17, 15) is 0 Å². The number of hydrogen-bond donors (Lipinski definition) is 1. The molecule has 0 amide bonds. The number of aliphatic imine (C=N–C) groups is 1. The van der Waals surface area contributed by atoms with Crippen molar-refractivity contribution < 1.29 is 4.42 Å². The van der Waals surface area contributed by atoms with E-state index in [2.05, 4.69) is 25.8 Å². The lowest BCUT2D eigenvalue weighted by Crippen LogP contribution is -2.30. The second-order valence-corrected chi connectivity index (χ2v) is 4.90. The van der Waals surface area contributed by atoms with E-state index in [-0.39, 0.29) is 11.5 Å². The molecule has 0 spiro atoms. The van der Waals surface area contributed by atoms with Crippen LogP contribution >= 0.6 is 0 Å². The highest BCUT2D eigenvalue weighted by Crippen LogP contribution is 2.14. The minimum atomic E-state index is -0.0581. The predicted octanol–water partition coefficient (Wildman–Crippen LogP) is 2.61. The minimum Gasteiger partial charge on any atom is -0.469 e. The number of nitrogens with zero attached hydrogens (tertiary/aromatic N) is 1. The van der Waals surface area contributed by atoms with Crippen molar-refractivity contribution in [2.75, 3.05) is 0 Å². The Kier molecular flexibility index (Phi) is 3.56. The highest BCUT2D eigenvalue weighted by Gasteiger charge is 2.16. The zero-order chi connectivity index (χ0) is 11.5. The molecule has 0 aromatic carbocycles. The summed E-state index contributed by atoms with van der Waals surface area (Å²) < 4.78 is 5.26. The van der Waals surface area contributed by atoms with Gasteiger partial charge < -0.3 is 10.2 Å². The minimum absolute atomic E-state index is 0.0581. The van der Waals surface area contributed by atoms with Gasteiger partial charge in [-0.3, -0.25) is 4.99 Å². The summed E-state index contributed by atoms with van der Waals surface area (Å²) in [6.07, 6.45) is 2.47. The summed E-state index contributed by atoms with van der Waals surface area (Å²) in [5, 5.41) is 0. The number of furan rings is 1. The zero-order valence-electron chi connectivity index (χ0n) is 9.95. The molecule has 0 fully saturated rings. The SMILES string of the molecule is CC(Cc1ccco1)N=C(N)C(C)(C)C. The molecule has 2 N–H and O–H groups in total. The van der Waals surface area contributed by atoms with Gasteiger partial charge in [0, 0.05) is 11.8 Å². The van der Waals surface area contributed by atoms with Crippen molar-refractivity contribution >= 4 is 5.84 Å². The average molecular weight is 208 g/mol. The van der Waals surface area contributed by atoms with E-state index in [1.165, 1.54) is 0 Å². The number of rotatable bonds is 3. The first kappa shape index (κ1) is 11.8. The molecule has 1 atom stereocenters. The summed E-state index contributed by atoms with van der Waals surface area (Å²) >= 11 is 0. The molecule has 1 rings (SSSR count). The van der Waals surface area contributed by atoms with Gasteiger partial charge in [0.25, 0.3) is 0 Å². The van der Waals surface area contributed by atoms with Crippen molar-refractivity contribution in [2.24, 2.45) is 16.1 Å². The van der Waals surface area contributed by atoms with Crippen LogP contribution < -0.4 is 5.73 Å². The maximum atomic E-state index is 5.90. The molecule has 0 radical (unpaired) electrons. The second kappa shape index (κ2) is 4.51. The lowest BCUT2D eigenvalue weighted by atomic mass is 9.95. The first-order chi connectivity index (χ1) is 6.89. The summed E-state index contributed by atoms with van der Waals surface area (Å²) in [7, 11) is 0. The van der Waals surface area contributed by atoms with Gasteiger partial charge in [0.15, 0.2) is 0 Å². The Morgan fingerprint density at radius 3 is 2.67 bits per heavy atom. The average Bonchev–Trinajstić information content (AvgIpc) is 2.54. The molecule has 84 valence electrons. The van der Waals surface area contributed by atoms with E-state index >= 15 is 0 Å². The topological polar surface area (TPSA) is 51.5 Å². The quantitative estimate of drug-likeness (QED) is 0.613. The summed E-state index contributed by atoms with van der Waals surface area (Å²) in [6, 6.07) is 4.01. The van der Waals surface area contributed by atoms with Gasteiger partial charge in [-0.05, 0) is 19.1 Å². The van der Waals surface area contributed by atoms with E-state index in [4.69, 9.17) is 10.2 Å². The summed E-state index contributed by atoms with van der Waals surface area (Å²) in [5.41, 5.74) is 5.84. The van der Waals surface area contributed by atoms with E-state index in [1.807, 2.05) is 19.1 Å². The van der Waals surface area contributed by atoms with Gasteiger partial charge in [-0.15, -0.1) is 0 Å². The highest BCUT2D eigenvalue weighted by molar-refractivity contribution is 5.85. The lowest BCUT2D eigenvalue weighted by molar-refractivity contribution is 0.489. The Hall–Kier alpha value is -1.25. The maximum absolute atomic E-state index is 5.90. The summed E-state index contributed by atoms with van der Waals surface area (Å²) in [5.74, 6) is 1.65. The Balaban J connectivity index is 2.59. The van der Waals surface area contributed by atoms with E-state index < -0.39 is 0 Å². The third kappa shape index (κ3) is 3.78. The van der Waals surface area contributed by atoms with Crippen molar-refractivity contribution in [3.8, 4) is 0 Å². The third-order valence-electron chi connectivity index (χ3n) is 2.20. The van der Waals surface area contributed by atoms with Crippen molar-refractivity contribution in [3.05, 3.63) is 24.2 Å². The molecule has 0 aliphatic carbocycles. The molecule has 1 unspecified atom stereocenters. The molecule has 0 bridgehead atoms. The number of hydrogen-bond acceptors (Lipinski definition) is 2. The molecule has 0 saturated carbocycles. The Labute approximate surface area is 91.4 Å². The van der Waals surface area contributed by atoms with Gasteiger partial charge in [-0.2, -0.15) is 0 Å². The lowest BCUT2D eigenvalue weighted by Gasteiger charge is -2.19. The molecule has 1 heterocycles. The van der Waals surface area contributed by atoms with Crippen molar-refractivity contribution in [1.82, 2.24) is 0 Å². The fraction of sp³-hybridized carbons (Fsp3) is 0.583. The van der Waals surface area contributed by atoms with Crippen LogP contribution in [0.5, 0.6) is 0 Å². The largest absolute Gasteiger partial charge is 0.469 e. The van der Waals surface area contributed by atoms with Gasteiger partial charge in [0.05, 0.1) is 18.1 Å². The standard InChI is InChI=1S/C12H20N2O/c1-9(8-10-6-5-7-15-10)14-11(13)12(2,3)4/h5-7,9H,8H2,1-4H3,(H2,13,14). The summed E-state index contributed by atoms with van der Waals surface area (Å²) in [4.78, 5) is 4.46. The van der Waals surface area contributed by atoms with Crippen LogP contribution in [0.25, 0.3) is 0 Å². The maximum Gasteiger partial charge on any atom is 0.105 e. The molecule has 0 aliphatic rings. The summed E-state index contributed by atoms with van der Waals surface area (Å²) in [6.45, 7) is 8.23. The highest BCUT2D eigenvalue weighted by atomic mass is 16.3. The van der Waals surface area contributed by atoms with Gasteiger partial charge in [0.1, 0.15) is 5.76 Å². The van der Waals surface area contributed by atoms with Crippen LogP contribution in [0.4, 0.5) is 0 Å². The first-order valence-electron chi connectivity index (χ1n) is 5.25. The third-order valence-corrected chi connectivity index (χ3v) is 2.20. The molecule has 3 heteroatoms. The molecule has 0 saturated heterocycles. The van der Waals surface area contributed by atoms with Crippen molar-refractivity contribution in [1.29, 1.82) is 0 Å².